The molecular formula is C13H28N2. The fraction of sp³-hybridized carbons (Fsp3) is 1.00. The zero-order valence-electron chi connectivity index (χ0n) is 11.0. The molecule has 0 amide bonds. The Bertz CT molecular complexity index is 177. The molecule has 2 nitrogen and oxygen atoms in total. The molecule has 1 fully saturated rings. The van der Waals surface area contributed by atoms with E-state index in [0.29, 0.717) is 11.6 Å². The minimum atomic E-state index is 0.303. The van der Waals surface area contributed by atoms with Crippen LogP contribution in [-0.2, 0) is 0 Å². The lowest BCUT2D eigenvalue weighted by molar-refractivity contribution is 0.103. The van der Waals surface area contributed by atoms with Gasteiger partial charge in [-0.15, -0.1) is 0 Å². The smallest absolute Gasteiger partial charge is 0.0252 e. The lowest BCUT2D eigenvalue weighted by Gasteiger charge is -2.43. The van der Waals surface area contributed by atoms with Crippen molar-refractivity contribution in [2.24, 2.45) is 0 Å². The van der Waals surface area contributed by atoms with Crippen LogP contribution in [-0.4, -0.2) is 36.1 Å². The number of hydrogen-bond acceptors (Lipinski definition) is 2. The van der Waals surface area contributed by atoms with Crippen molar-refractivity contribution in [2.75, 3.05) is 19.6 Å². The van der Waals surface area contributed by atoms with Crippen LogP contribution in [0.25, 0.3) is 0 Å². The molecule has 1 aliphatic rings. The van der Waals surface area contributed by atoms with Gasteiger partial charge in [0.15, 0.2) is 0 Å². The molecule has 0 aromatic rings. The van der Waals surface area contributed by atoms with Crippen LogP contribution in [0.4, 0.5) is 0 Å². The van der Waals surface area contributed by atoms with E-state index < -0.39 is 0 Å². The molecule has 0 saturated carbocycles. The van der Waals surface area contributed by atoms with Gasteiger partial charge in [0.25, 0.3) is 0 Å². The summed E-state index contributed by atoms with van der Waals surface area (Å²) in [6, 6.07) is 0.708. The third-order valence-electron chi connectivity index (χ3n) is 3.40. The van der Waals surface area contributed by atoms with E-state index in [9.17, 15) is 0 Å². The summed E-state index contributed by atoms with van der Waals surface area (Å²) >= 11 is 0. The minimum absolute atomic E-state index is 0.303. The average molecular weight is 212 g/mol. The third kappa shape index (κ3) is 4.52. The van der Waals surface area contributed by atoms with Crippen molar-refractivity contribution in [3.63, 3.8) is 0 Å². The number of rotatable bonds is 5. The molecule has 1 N–H and O–H groups in total. The number of unbranched alkanes of at least 4 members (excludes halogenated alkanes) is 3. The van der Waals surface area contributed by atoms with Crippen molar-refractivity contribution in [3.8, 4) is 0 Å². The quantitative estimate of drug-likeness (QED) is 0.705. The van der Waals surface area contributed by atoms with Crippen molar-refractivity contribution in [2.45, 2.75) is 65.0 Å². The summed E-state index contributed by atoms with van der Waals surface area (Å²) in [6.07, 6.45) is 5.49. The summed E-state index contributed by atoms with van der Waals surface area (Å²) in [6.45, 7) is 12.8. The zero-order valence-corrected chi connectivity index (χ0v) is 11.0. The molecule has 90 valence electrons. The van der Waals surface area contributed by atoms with E-state index in [1.807, 2.05) is 0 Å². The molecule has 1 atom stereocenters. The van der Waals surface area contributed by atoms with Gasteiger partial charge in [0.2, 0.25) is 0 Å². The monoisotopic (exact) mass is 212 g/mol. The lowest BCUT2D eigenvalue weighted by atomic mass is 9.99. The first-order valence-electron chi connectivity index (χ1n) is 6.54. The Kier molecular flexibility index (Phi) is 5.07. The van der Waals surface area contributed by atoms with Gasteiger partial charge in [0.1, 0.15) is 0 Å². The van der Waals surface area contributed by atoms with Crippen LogP contribution in [0.2, 0.25) is 0 Å². The molecule has 0 bridgehead atoms. The highest BCUT2D eigenvalue weighted by Crippen LogP contribution is 2.15. The normalized spacial score (nSPS) is 26.8. The first-order chi connectivity index (χ1) is 7.05. The molecule has 1 rings (SSSR count). The molecule has 1 heterocycles. The summed E-state index contributed by atoms with van der Waals surface area (Å²) in [5.41, 5.74) is 0.303. The summed E-state index contributed by atoms with van der Waals surface area (Å²) in [5.74, 6) is 0. The predicted octanol–water partition coefficient (Wildman–Crippen LogP) is 2.64. The summed E-state index contributed by atoms with van der Waals surface area (Å²) < 4.78 is 0. The lowest BCUT2D eigenvalue weighted by Crippen LogP contribution is -2.60. The van der Waals surface area contributed by atoms with Crippen molar-refractivity contribution in [1.82, 2.24) is 10.2 Å². The largest absolute Gasteiger partial charge is 0.309 e. The van der Waals surface area contributed by atoms with Crippen LogP contribution in [0.5, 0.6) is 0 Å². The fourth-order valence-electron chi connectivity index (χ4n) is 2.31. The second kappa shape index (κ2) is 5.86. The number of nitrogens with zero attached hydrogens (tertiary/aromatic N) is 1. The minimum Gasteiger partial charge on any atom is -0.309 e. The van der Waals surface area contributed by atoms with Gasteiger partial charge in [-0.05, 0) is 33.7 Å². The third-order valence-corrected chi connectivity index (χ3v) is 3.40. The maximum Gasteiger partial charge on any atom is 0.0252 e. The highest BCUT2D eigenvalue weighted by atomic mass is 15.2. The molecule has 0 aromatic heterocycles. The molecule has 15 heavy (non-hydrogen) atoms. The second-order valence-electron chi connectivity index (χ2n) is 5.64. The van der Waals surface area contributed by atoms with E-state index in [2.05, 4.69) is 37.9 Å². The standard InChI is InChI=1S/C13H28N2/c1-5-6-7-8-9-15-11-13(3,4)14-10-12(15)2/h12,14H,5-11H2,1-4H3. The van der Waals surface area contributed by atoms with Gasteiger partial charge >= 0.3 is 0 Å². The van der Waals surface area contributed by atoms with E-state index in [1.165, 1.54) is 38.8 Å². The van der Waals surface area contributed by atoms with E-state index in [-0.39, 0.29) is 0 Å². The highest BCUT2D eigenvalue weighted by Gasteiger charge is 2.29. The Morgan fingerprint density at radius 3 is 2.67 bits per heavy atom. The van der Waals surface area contributed by atoms with Gasteiger partial charge < -0.3 is 5.32 Å². The molecule has 1 saturated heterocycles. The Balaban J connectivity index is 2.25. The Morgan fingerprint density at radius 2 is 2.00 bits per heavy atom. The number of hydrogen-bond donors (Lipinski definition) is 1. The molecule has 1 aliphatic heterocycles. The predicted molar refractivity (Wildman–Crippen MR) is 67.3 cm³/mol. The highest BCUT2D eigenvalue weighted by molar-refractivity contribution is 4.90. The topological polar surface area (TPSA) is 15.3 Å². The number of piperazine rings is 1. The first-order valence-corrected chi connectivity index (χ1v) is 6.54. The van der Waals surface area contributed by atoms with Gasteiger partial charge in [-0.2, -0.15) is 0 Å². The van der Waals surface area contributed by atoms with Crippen molar-refractivity contribution < 1.29 is 0 Å². The number of nitrogens with one attached hydrogen (secondary N) is 1. The SMILES string of the molecule is CCCCCCN1CC(C)(C)NCC1C. The van der Waals surface area contributed by atoms with Gasteiger partial charge in [0.05, 0.1) is 0 Å². The van der Waals surface area contributed by atoms with Gasteiger partial charge in [0, 0.05) is 24.7 Å². The van der Waals surface area contributed by atoms with Crippen LogP contribution >= 0.6 is 0 Å². The summed E-state index contributed by atoms with van der Waals surface area (Å²) in [7, 11) is 0. The summed E-state index contributed by atoms with van der Waals surface area (Å²) in [5, 5.41) is 3.60. The molecule has 0 radical (unpaired) electrons. The van der Waals surface area contributed by atoms with Crippen LogP contribution in [0, 0.1) is 0 Å². The molecule has 0 aromatic carbocycles. The Labute approximate surface area is 95.4 Å². The first kappa shape index (κ1) is 13.0. The molecular weight excluding hydrogens is 184 g/mol. The van der Waals surface area contributed by atoms with Crippen LogP contribution in [0.3, 0.4) is 0 Å². The van der Waals surface area contributed by atoms with Crippen LogP contribution in [0.15, 0.2) is 0 Å². The van der Waals surface area contributed by atoms with Crippen LogP contribution in [0.1, 0.15) is 53.4 Å². The molecule has 0 aliphatic carbocycles. The Hall–Kier alpha value is -0.0800. The average Bonchev–Trinajstić information content (AvgIpc) is 2.18. The van der Waals surface area contributed by atoms with Crippen LogP contribution < -0.4 is 5.32 Å². The maximum absolute atomic E-state index is 3.60. The zero-order chi connectivity index (χ0) is 11.3. The second-order valence-corrected chi connectivity index (χ2v) is 5.64. The van der Waals surface area contributed by atoms with Crippen molar-refractivity contribution >= 4 is 0 Å². The Morgan fingerprint density at radius 1 is 1.27 bits per heavy atom. The van der Waals surface area contributed by atoms with Crippen molar-refractivity contribution in [1.29, 1.82) is 0 Å². The maximum atomic E-state index is 3.60. The molecule has 2 heteroatoms. The van der Waals surface area contributed by atoms with E-state index in [1.54, 1.807) is 0 Å². The van der Waals surface area contributed by atoms with Gasteiger partial charge in [-0.25, -0.2) is 0 Å². The van der Waals surface area contributed by atoms with Gasteiger partial charge in [-0.3, -0.25) is 4.90 Å². The van der Waals surface area contributed by atoms with E-state index in [0.717, 1.165) is 6.54 Å². The molecule has 0 spiro atoms. The fourth-order valence-corrected chi connectivity index (χ4v) is 2.31. The van der Waals surface area contributed by atoms with E-state index >= 15 is 0 Å². The summed E-state index contributed by atoms with van der Waals surface area (Å²) in [4.78, 5) is 2.64. The molecule has 1 unspecified atom stereocenters. The van der Waals surface area contributed by atoms with Gasteiger partial charge in [-0.1, -0.05) is 26.2 Å². The van der Waals surface area contributed by atoms with E-state index in [4.69, 9.17) is 0 Å². The van der Waals surface area contributed by atoms with Crippen molar-refractivity contribution in [3.05, 3.63) is 0 Å².